The van der Waals surface area contributed by atoms with Gasteiger partial charge in [0.05, 0.1) is 23.3 Å². The predicted molar refractivity (Wildman–Crippen MR) is 142 cm³/mol. The van der Waals surface area contributed by atoms with Crippen LogP contribution in [0.1, 0.15) is 36.7 Å². The van der Waals surface area contributed by atoms with Gasteiger partial charge in [-0.1, -0.05) is 34.7 Å². The van der Waals surface area contributed by atoms with Crippen LogP contribution in [0.4, 0.5) is 10.8 Å². The van der Waals surface area contributed by atoms with Crippen LogP contribution in [-0.4, -0.2) is 27.6 Å². The summed E-state index contributed by atoms with van der Waals surface area (Å²) in [7, 11) is 0. The number of thioether (sulfide) groups is 1. The molecule has 3 heterocycles. The van der Waals surface area contributed by atoms with E-state index >= 15 is 0 Å². The molecular formula is C25H21ClN6O3S2. The van der Waals surface area contributed by atoms with Crippen LogP contribution in [0.5, 0.6) is 0 Å². The zero-order chi connectivity index (χ0) is 26.1. The number of aryl methyl sites for hydroxylation is 1. The summed E-state index contributed by atoms with van der Waals surface area (Å²) < 4.78 is 6.39. The summed E-state index contributed by atoms with van der Waals surface area (Å²) >= 11 is 8.36. The number of nitriles is 1. The number of halogens is 1. The van der Waals surface area contributed by atoms with Crippen molar-refractivity contribution >= 4 is 57.2 Å². The lowest BCUT2D eigenvalue weighted by Crippen LogP contribution is -2.38. The Kier molecular flexibility index (Phi) is 7.06. The molecule has 1 atom stereocenters. The number of nitrogens with zero attached hydrogens (tertiary/aromatic N) is 4. The Balaban J connectivity index is 1.40. The fourth-order valence-corrected chi connectivity index (χ4v) is 6.21. The van der Waals surface area contributed by atoms with Crippen molar-refractivity contribution in [2.75, 3.05) is 16.0 Å². The molecular weight excluding hydrogens is 532 g/mol. The highest BCUT2D eigenvalue weighted by Gasteiger charge is 2.42. The Labute approximate surface area is 226 Å². The third-order valence-electron chi connectivity index (χ3n) is 6.00. The maximum Gasteiger partial charge on any atom is 0.234 e. The molecule has 9 nitrogen and oxygen atoms in total. The number of carbonyl (C=O) groups excluding carboxylic acids is 2. The first-order chi connectivity index (χ1) is 17.9. The summed E-state index contributed by atoms with van der Waals surface area (Å²) in [6.45, 7) is 1.81. The second-order valence-electron chi connectivity index (χ2n) is 8.46. The summed E-state index contributed by atoms with van der Waals surface area (Å²) in [5, 5.41) is 22.4. The number of amides is 1. The van der Waals surface area contributed by atoms with E-state index < -0.39 is 5.92 Å². The fourth-order valence-electron chi connectivity index (χ4n) is 4.41. The van der Waals surface area contributed by atoms with Crippen molar-refractivity contribution in [3.05, 3.63) is 75.6 Å². The van der Waals surface area contributed by atoms with Crippen LogP contribution in [0.2, 0.25) is 5.02 Å². The number of hydrogen-bond donors (Lipinski definition) is 2. The van der Waals surface area contributed by atoms with E-state index in [0.717, 1.165) is 0 Å². The molecule has 1 aliphatic carbocycles. The zero-order valence-electron chi connectivity index (χ0n) is 19.7. The number of carbonyl (C=O) groups is 2. The number of hydrogen-bond acceptors (Lipinski definition) is 10. The Hall–Kier alpha value is -3.59. The Bertz CT molecular complexity index is 1480. The van der Waals surface area contributed by atoms with Crippen molar-refractivity contribution in [3.8, 4) is 6.07 Å². The summed E-state index contributed by atoms with van der Waals surface area (Å²) in [5.74, 6) is 0.623. The Morgan fingerprint density at radius 1 is 1.30 bits per heavy atom. The molecule has 3 N–H and O–H groups in total. The zero-order valence-corrected chi connectivity index (χ0v) is 22.0. The number of allylic oxidation sites excluding steroid dienone is 3. The molecule has 1 unspecified atom stereocenters. The minimum absolute atomic E-state index is 0.0384. The minimum atomic E-state index is -0.656. The maximum atomic E-state index is 13.1. The van der Waals surface area contributed by atoms with Crippen LogP contribution < -0.4 is 16.0 Å². The van der Waals surface area contributed by atoms with Gasteiger partial charge in [0.2, 0.25) is 11.0 Å². The van der Waals surface area contributed by atoms with E-state index in [1.54, 1.807) is 41.3 Å². The molecule has 1 aromatic carbocycles. The molecule has 0 radical (unpaired) electrons. The normalized spacial score (nSPS) is 17.6. The van der Waals surface area contributed by atoms with Crippen LogP contribution in [0.25, 0.3) is 0 Å². The van der Waals surface area contributed by atoms with Gasteiger partial charge in [-0.05, 0) is 56.2 Å². The van der Waals surface area contributed by atoms with Crippen molar-refractivity contribution in [3.63, 3.8) is 0 Å². The average Bonchev–Trinajstić information content (AvgIpc) is 3.52. The van der Waals surface area contributed by atoms with Crippen molar-refractivity contribution in [1.82, 2.24) is 10.2 Å². The van der Waals surface area contributed by atoms with E-state index in [1.807, 2.05) is 6.92 Å². The summed E-state index contributed by atoms with van der Waals surface area (Å²) in [6.07, 6.45) is 1.65. The van der Waals surface area contributed by atoms with E-state index in [0.29, 0.717) is 62.2 Å². The van der Waals surface area contributed by atoms with Crippen molar-refractivity contribution in [2.45, 2.75) is 36.4 Å². The van der Waals surface area contributed by atoms with E-state index in [2.05, 4.69) is 21.6 Å². The summed E-state index contributed by atoms with van der Waals surface area (Å²) in [4.78, 5) is 27.2. The molecule has 2 aromatic heterocycles. The first-order valence-corrected chi connectivity index (χ1v) is 13.6. The number of nitrogens with two attached hydrogens (primary N) is 1. The molecule has 0 saturated carbocycles. The van der Waals surface area contributed by atoms with Gasteiger partial charge >= 0.3 is 0 Å². The lowest BCUT2D eigenvalue weighted by molar-refractivity contribution is -0.116. The topological polar surface area (TPSA) is 138 Å². The largest absolute Gasteiger partial charge is 0.465 e. The van der Waals surface area contributed by atoms with E-state index in [9.17, 15) is 14.9 Å². The number of anilines is 2. The molecule has 2 aliphatic rings. The second kappa shape index (κ2) is 10.4. The van der Waals surface area contributed by atoms with Crippen LogP contribution in [0.3, 0.4) is 0 Å². The third-order valence-corrected chi connectivity index (χ3v) is 8.29. The van der Waals surface area contributed by atoms with Gasteiger partial charge in [-0.3, -0.25) is 14.5 Å². The number of ketones is 1. The first kappa shape index (κ1) is 25.1. The van der Waals surface area contributed by atoms with Gasteiger partial charge in [0.25, 0.3) is 0 Å². The van der Waals surface area contributed by atoms with Crippen molar-refractivity contribution in [2.24, 2.45) is 5.73 Å². The SMILES string of the molecule is Cc1ccc(C2C(C#N)=C(N)N(c3nnc(SCC(=O)Nc4ccc(Cl)cc4)s3)C3=C2C(=O)CCC3)o1. The lowest BCUT2D eigenvalue weighted by Gasteiger charge is -2.37. The number of Topliss-reactive ketones (excluding diaryl/α,β-unsaturated/α-hetero) is 1. The molecule has 0 bridgehead atoms. The van der Waals surface area contributed by atoms with Gasteiger partial charge in [-0.15, -0.1) is 10.2 Å². The standard InChI is InChI=1S/C25H21ClN6O3S2/c1-13-5-10-19(35-13)21-16(11-27)23(28)32(17-3-2-4-18(33)22(17)21)24-30-31-25(37-24)36-12-20(34)29-15-8-6-14(26)7-9-15/h5-10,21H,2-4,12,28H2,1H3,(H,29,34). The highest BCUT2D eigenvalue weighted by atomic mass is 35.5. The lowest BCUT2D eigenvalue weighted by atomic mass is 9.78. The molecule has 37 heavy (non-hydrogen) atoms. The van der Waals surface area contributed by atoms with Gasteiger partial charge < -0.3 is 15.5 Å². The van der Waals surface area contributed by atoms with Gasteiger partial charge in [0.15, 0.2) is 10.1 Å². The van der Waals surface area contributed by atoms with E-state index in [4.69, 9.17) is 21.8 Å². The Morgan fingerprint density at radius 2 is 2.08 bits per heavy atom. The number of nitrogens with one attached hydrogen (secondary N) is 1. The average molecular weight is 553 g/mol. The Morgan fingerprint density at radius 3 is 2.78 bits per heavy atom. The molecule has 1 amide bonds. The number of rotatable bonds is 6. The van der Waals surface area contributed by atoms with Crippen molar-refractivity contribution < 1.29 is 14.0 Å². The molecule has 0 saturated heterocycles. The van der Waals surface area contributed by atoms with Gasteiger partial charge in [0, 0.05) is 28.4 Å². The highest BCUT2D eigenvalue weighted by Crippen LogP contribution is 2.47. The number of furan rings is 1. The molecule has 188 valence electrons. The smallest absolute Gasteiger partial charge is 0.234 e. The predicted octanol–water partition coefficient (Wildman–Crippen LogP) is 5.13. The van der Waals surface area contributed by atoms with Crippen LogP contribution >= 0.6 is 34.7 Å². The maximum absolute atomic E-state index is 13.1. The van der Waals surface area contributed by atoms with Gasteiger partial charge in [0.1, 0.15) is 17.3 Å². The summed E-state index contributed by atoms with van der Waals surface area (Å²) in [6, 6.07) is 12.6. The molecule has 5 rings (SSSR count). The first-order valence-electron chi connectivity index (χ1n) is 11.4. The highest BCUT2D eigenvalue weighted by molar-refractivity contribution is 8.01. The van der Waals surface area contributed by atoms with Crippen molar-refractivity contribution in [1.29, 1.82) is 5.26 Å². The van der Waals surface area contributed by atoms with E-state index in [-0.39, 0.29) is 28.8 Å². The van der Waals surface area contributed by atoms with Crippen LogP contribution in [0.15, 0.2) is 67.8 Å². The second-order valence-corrected chi connectivity index (χ2v) is 11.1. The molecule has 1 aliphatic heterocycles. The molecule has 12 heteroatoms. The molecule has 0 fully saturated rings. The minimum Gasteiger partial charge on any atom is -0.465 e. The van der Waals surface area contributed by atoms with Gasteiger partial charge in [-0.2, -0.15) is 5.26 Å². The van der Waals surface area contributed by atoms with Crippen LogP contribution in [0, 0.1) is 18.3 Å². The fraction of sp³-hybridized carbons (Fsp3) is 0.240. The molecule has 3 aromatic rings. The van der Waals surface area contributed by atoms with Crippen LogP contribution in [-0.2, 0) is 9.59 Å². The molecule has 0 spiro atoms. The third kappa shape index (κ3) is 5.00. The number of aromatic nitrogens is 2. The number of benzene rings is 1. The van der Waals surface area contributed by atoms with Gasteiger partial charge in [-0.25, -0.2) is 0 Å². The monoisotopic (exact) mass is 552 g/mol. The quantitative estimate of drug-likeness (QED) is 0.398. The van der Waals surface area contributed by atoms with E-state index in [1.165, 1.54) is 23.1 Å². The summed E-state index contributed by atoms with van der Waals surface area (Å²) in [5.41, 5.74) is 8.63.